The average Bonchev–Trinajstić information content (AvgIpc) is 3.13. The number of hydrogen-bond acceptors (Lipinski definition) is 6. The molecule has 0 amide bonds. The molecule has 0 saturated heterocycles. The summed E-state index contributed by atoms with van der Waals surface area (Å²) in [6, 6.07) is 3.72. The number of fused-ring (bicyclic) bond motifs is 1. The van der Waals surface area contributed by atoms with Crippen molar-refractivity contribution >= 4 is 47.1 Å². The van der Waals surface area contributed by atoms with Gasteiger partial charge in [0.05, 0.1) is 5.52 Å². The predicted molar refractivity (Wildman–Crippen MR) is 94.9 cm³/mol. The van der Waals surface area contributed by atoms with E-state index in [1.54, 1.807) is 0 Å². The molecule has 0 bridgehead atoms. The van der Waals surface area contributed by atoms with Gasteiger partial charge in [-0.1, -0.05) is 0 Å². The van der Waals surface area contributed by atoms with Crippen molar-refractivity contribution in [2.45, 2.75) is 12.1 Å². The lowest BCUT2D eigenvalue weighted by Gasteiger charge is -2.09. The Morgan fingerprint density at radius 2 is 1.85 bits per heavy atom. The number of benzene rings is 1. The molecule has 0 aliphatic rings. The molecule has 0 radical (unpaired) electrons. The minimum absolute atomic E-state index is 0.0844. The van der Waals surface area contributed by atoms with Crippen LogP contribution in [0.4, 0.5) is 4.39 Å². The van der Waals surface area contributed by atoms with E-state index in [2.05, 4.69) is 26.0 Å². The van der Waals surface area contributed by atoms with Crippen LogP contribution in [0.1, 0.15) is 5.69 Å². The topological polar surface area (TPSA) is 107 Å². The van der Waals surface area contributed by atoms with Gasteiger partial charge < -0.3 is 0 Å². The molecule has 9 nitrogen and oxygen atoms in total. The summed E-state index contributed by atoms with van der Waals surface area (Å²) < 4.78 is 66.4. The molecule has 26 heavy (non-hydrogen) atoms. The normalized spacial score (nSPS) is 13.0. The molecule has 1 aromatic carbocycles. The molecule has 0 aliphatic heterocycles. The highest BCUT2D eigenvalue weighted by molar-refractivity contribution is 9.10. The van der Waals surface area contributed by atoms with Crippen LogP contribution in [0, 0.1) is 12.7 Å². The van der Waals surface area contributed by atoms with Gasteiger partial charge in [0.2, 0.25) is 0 Å². The fourth-order valence-electron chi connectivity index (χ4n) is 2.35. The molecular weight excluding hydrogens is 453 g/mol. The van der Waals surface area contributed by atoms with Crippen molar-refractivity contribution in [2.24, 2.45) is 0 Å². The number of rotatable bonds is 4. The van der Waals surface area contributed by atoms with Gasteiger partial charge in [-0.2, -0.15) is 21.1 Å². The summed E-state index contributed by atoms with van der Waals surface area (Å²) in [6.07, 6.45) is 0.791. The molecule has 3 aromatic rings. The SMILES string of the molecule is Cc1c(Br)c2ccc(F)cc2n1S(=O)(=O)c1ncn(S(=O)(=O)N(C)C)n1. The van der Waals surface area contributed by atoms with Crippen LogP contribution < -0.4 is 0 Å². The zero-order valence-corrected chi connectivity index (χ0v) is 17.0. The molecule has 0 spiro atoms. The van der Waals surface area contributed by atoms with Gasteiger partial charge in [-0.25, -0.2) is 13.3 Å². The summed E-state index contributed by atoms with van der Waals surface area (Å²) in [4.78, 5) is 3.62. The third kappa shape index (κ3) is 2.74. The van der Waals surface area contributed by atoms with Gasteiger partial charge in [0, 0.05) is 29.6 Å². The summed E-state index contributed by atoms with van der Waals surface area (Å²) in [5, 5.41) is 3.35. The van der Waals surface area contributed by atoms with Gasteiger partial charge in [0.25, 0.3) is 5.16 Å². The predicted octanol–water partition coefficient (Wildman–Crippen LogP) is 1.33. The summed E-state index contributed by atoms with van der Waals surface area (Å²) in [5.74, 6) is -0.618. The Bertz CT molecular complexity index is 1230. The van der Waals surface area contributed by atoms with Gasteiger partial charge in [-0.3, -0.25) is 0 Å². The summed E-state index contributed by atoms with van der Waals surface area (Å²) in [7, 11) is -5.84. The van der Waals surface area contributed by atoms with Crippen molar-refractivity contribution in [1.82, 2.24) is 22.4 Å². The zero-order chi connectivity index (χ0) is 19.4. The monoisotopic (exact) mass is 465 g/mol. The molecule has 0 fully saturated rings. The molecule has 0 N–H and O–H groups in total. The van der Waals surface area contributed by atoms with E-state index in [1.807, 2.05) is 0 Å². The van der Waals surface area contributed by atoms with E-state index in [-0.39, 0.29) is 11.2 Å². The first-order chi connectivity index (χ1) is 12.0. The highest BCUT2D eigenvalue weighted by Gasteiger charge is 2.30. The van der Waals surface area contributed by atoms with Crippen LogP contribution in [-0.4, -0.2) is 53.4 Å². The Kier molecular flexibility index (Phi) is 4.45. The van der Waals surface area contributed by atoms with E-state index in [1.165, 1.54) is 33.2 Å². The number of aromatic nitrogens is 4. The first kappa shape index (κ1) is 18.9. The second-order valence-corrected chi connectivity index (χ2v) is 9.99. The summed E-state index contributed by atoms with van der Waals surface area (Å²) in [6.45, 7) is 1.52. The quantitative estimate of drug-likeness (QED) is 0.575. The maximum Gasteiger partial charge on any atom is 0.323 e. The van der Waals surface area contributed by atoms with Crippen molar-refractivity contribution in [3.63, 3.8) is 0 Å². The van der Waals surface area contributed by atoms with E-state index in [0.717, 1.165) is 20.7 Å². The number of nitrogens with zero attached hydrogens (tertiary/aromatic N) is 5. The summed E-state index contributed by atoms with van der Waals surface area (Å²) in [5.41, 5.74) is 0.360. The van der Waals surface area contributed by atoms with Gasteiger partial charge >= 0.3 is 20.2 Å². The van der Waals surface area contributed by atoms with Crippen LogP contribution in [0.2, 0.25) is 0 Å². The highest BCUT2D eigenvalue weighted by Crippen LogP contribution is 2.33. The Balaban J connectivity index is 2.26. The largest absolute Gasteiger partial charge is 0.323 e. The molecular formula is C13H13BrFN5O4S2. The zero-order valence-electron chi connectivity index (χ0n) is 13.8. The molecule has 0 atom stereocenters. The third-order valence-electron chi connectivity index (χ3n) is 3.66. The van der Waals surface area contributed by atoms with Crippen LogP contribution in [-0.2, 0) is 20.2 Å². The van der Waals surface area contributed by atoms with Crippen molar-refractivity contribution < 1.29 is 21.2 Å². The van der Waals surface area contributed by atoms with Crippen LogP contribution in [0.3, 0.4) is 0 Å². The fourth-order valence-corrected chi connectivity index (χ4v) is 5.11. The lowest BCUT2D eigenvalue weighted by atomic mass is 10.2. The minimum Gasteiger partial charge on any atom is -0.234 e. The van der Waals surface area contributed by atoms with E-state index >= 15 is 0 Å². The fraction of sp³-hybridized carbons (Fsp3) is 0.231. The van der Waals surface area contributed by atoms with E-state index < -0.39 is 31.2 Å². The van der Waals surface area contributed by atoms with Crippen LogP contribution in [0.25, 0.3) is 10.9 Å². The minimum atomic E-state index is -4.36. The Hall–Kier alpha value is -1.83. The van der Waals surface area contributed by atoms with Gasteiger partial charge in [0.15, 0.2) is 0 Å². The van der Waals surface area contributed by atoms with Gasteiger partial charge in [-0.05, 0) is 41.1 Å². The van der Waals surface area contributed by atoms with Crippen LogP contribution in [0.15, 0.2) is 34.2 Å². The molecule has 2 heterocycles. The lowest BCUT2D eigenvalue weighted by Crippen LogP contribution is -2.29. The van der Waals surface area contributed by atoms with Crippen molar-refractivity contribution in [3.8, 4) is 0 Å². The van der Waals surface area contributed by atoms with E-state index in [0.29, 0.717) is 13.9 Å². The Labute approximate surface area is 157 Å². The van der Waals surface area contributed by atoms with Crippen LogP contribution >= 0.6 is 15.9 Å². The first-order valence-corrected chi connectivity index (χ1v) is 10.7. The Morgan fingerprint density at radius 1 is 1.19 bits per heavy atom. The molecule has 2 aromatic heterocycles. The molecule has 0 aliphatic carbocycles. The van der Waals surface area contributed by atoms with Crippen molar-refractivity contribution in [3.05, 3.63) is 40.5 Å². The number of halogens is 2. The molecule has 140 valence electrons. The lowest BCUT2D eigenvalue weighted by molar-refractivity contribution is 0.502. The highest BCUT2D eigenvalue weighted by atomic mass is 79.9. The maximum atomic E-state index is 13.7. The summed E-state index contributed by atoms with van der Waals surface area (Å²) >= 11 is 3.29. The molecule has 3 rings (SSSR count). The van der Waals surface area contributed by atoms with Crippen molar-refractivity contribution in [2.75, 3.05) is 14.1 Å². The standard InChI is InChI=1S/C13H13BrFN5O4S2/c1-8-12(14)10-5-4-9(15)6-11(10)20(8)25(21,22)13-16-7-19(17-13)26(23,24)18(2)3/h4-7H,1-3H3. The Morgan fingerprint density at radius 3 is 2.46 bits per heavy atom. The third-order valence-corrected chi connectivity index (χ3v) is 7.83. The molecule has 0 unspecified atom stereocenters. The van der Waals surface area contributed by atoms with E-state index in [4.69, 9.17) is 0 Å². The van der Waals surface area contributed by atoms with Gasteiger partial charge in [0.1, 0.15) is 12.1 Å². The second-order valence-electron chi connectivity index (χ2n) is 5.52. The molecule has 13 heteroatoms. The van der Waals surface area contributed by atoms with Crippen molar-refractivity contribution in [1.29, 1.82) is 0 Å². The van der Waals surface area contributed by atoms with Crippen LogP contribution in [0.5, 0.6) is 0 Å². The number of hydrogen-bond donors (Lipinski definition) is 0. The smallest absolute Gasteiger partial charge is 0.234 e. The maximum absolute atomic E-state index is 13.7. The average molecular weight is 466 g/mol. The second kappa shape index (κ2) is 6.11. The first-order valence-electron chi connectivity index (χ1n) is 7.04. The molecule has 0 saturated carbocycles. The van der Waals surface area contributed by atoms with Gasteiger partial charge in [-0.15, -0.1) is 9.19 Å². The van der Waals surface area contributed by atoms with E-state index in [9.17, 15) is 21.2 Å².